The summed E-state index contributed by atoms with van der Waals surface area (Å²) in [5.74, 6) is 1.06. The zero-order chi connectivity index (χ0) is 21.1. The molecule has 1 amide bonds. The van der Waals surface area contributed by atoms with Crippen LogP contribution in [0.3, 0.4) is 0 Å². The number of ether oxygens (including phenoxy) is 1. The summed E-state index contributed by atoms with van der Waals surface area (Å²) in [5.41, 5.74) is 2.19. The Bertz CT molecular complexity index is 1120. The predicted molar refractivity (Wildman–Crippen MR) is 119 cm³/mol. The number of amides is 1. The van der Waals surface area contributed by atoms with E-state index in [1.165, 1.54) is 11.8 Å². The lowest BCUT2D eigenvalue weighted by atomic mass is 9.98. The van der Waals surface area contributed by atoms with Gasteiger partial charge in [0.2, 0.25) is 5.91 Å². The third-order valence-corrected chi connectivity index (χ3v) is 6.37. The molecule has 0 saturated heterocycles. The Kier molecular flexibility index (Phi) is 5.65. The van der Waals surface area contributed by atoms with Crippen LogP contribution in [0.25, 0.3) is 22.0 Å². The number of fused-ring (bicyclic) bond motifs is 1. The van der Waals surface area contributed by atoms with Crippen LogP contribution in [0.4, 0.5) is 0 Å². The Labute approximate surface area is 180 Å². The van der Waals surface area contributed by atoms with Crippen molar-refractivity contribution < 1.29 is 9.53 Å². The third kappa shape index (κ3) is 4.27. The average Bonchev–Trinajstić information content (AvgIpc) is 3.63. The zero-order valence-corrected chi connectivity index (χ0v) is 17.8. The molecule has 3 aromatic rings. The van der Waals surface area contributed by atoms with E-state index in [0.717, 1.165) is 45.6 Å². The number of hydrogen-bond acceptors (Lipinski definition) is 5. The maximum Gasteiger partial charge on any atom is 0.231 e. The molecule has 0 bridgehead atoms. The van der Waals surface area contributed by atoms with Crippen molar-refractivity contribution in [3.05, 3.63) is 54.6 Å². The molecule has 1 aromatic heterocycles. The van der Waals surface area contributed by atoms with Gasteiger partial charge in [-0.05, 0) is 55.0 Å². The average molecular weight is 418 g/mol. The van der Waals surface area contributed by atoms with E-state index in [1.54, 1.807) is 14.0 Å². The second-order valence-corrected chi connectivity index (χ2v) is 8.68. The molecule has 1 saturated carbocycles. The summed E-state index contributed by atoms with van der Waals surface area (Å²) in [6.45, 7) is 1.81. The van der Waals surface area contributed by atoms with E-state index in [4.69, 9.17) is 9.72 Å². The molecule has 0 radical (unpaired) electrons. The van der Waals surface area contributed by atoms with E-state index in [2.05, 4.69) is 23.5 Å². The van der Waals surface area contributed by atoms with Crippen LogP contribution in [0.15, 0.2) is 59.6 Å². The Balaban J connectivity index is 1.60. The van der Waals surface area contributed by atoms with Gasteiger partial charge in [0.15, 0.2) is 0 Å². The number of aromatic nitrogens is 1. The molecule has 1 atom stereocenters. The van der Waals surface area contributed by atoms with Gasteiger partial charge in [-0.1, -0.05) is 42.1 Å². The molecule has 0 spiro atoms. The molecule has 0 aliphatic heterocycles. The fourth-order valence-corrected chi connectivity index (χ4v) is 4.30. The van der Waals surface area contributed by atoms with Gasteiger partial charge in [0.25, 0.3) is 0 Å². The first-order valence-corrected chi connectivity index (χ1v) is 10.9. The Morgan fingerprint density at radius 1 is 1.27 bits per heavy atom. The number of nitrogens with zero attached hydrogens (tertiary/aromatic N) is 2. The van der Waals surface area contributed by atoms with E-state index in [9.17, 15) is 10.1 Å². The summed E-state index contributed by atoms with van der Waals surface area (Å²) < 4.78 is 5.36. The van der Waals surface area contributed by atoms with E-state index in [0.29, 0.717) is 0 Å². The van der Waals surface area contributed by atoms with Gasteiger partial charge in [-0.3, -0.25) is 4.79 Å². The van der Waals surface area contributed by atoms with Crippen LogP contribution in [0, 0.1) is 17.2 Å². The van der Waals surface area contributed by atoms with Crippen molar-refractivity contribution in [3.63, 3.8) is 0 Å². The Morgan fingerprint density at radius 3 is 2.70 bits per heavy atom. The normalized spacial score (nSPS) is 15.2. The lowest BCUT2D eigenvalue weighted by molar-refractivity contribution is -0.119. The summed E-state index contributed by atoms with van der Waals surface area (Å²) in [7, 11) is 1.63. The first-order valence-electron chi connectivity index (χ1n) is 9.91. The highest BCUT2D eigenvalue weighted by atomic mass is 32.2. The number of hydrogen-bond donors (Lipinski definition) is 1. The molecule has 1 heterocycles. The lowest BCUT2D eigenvalue weighted by Gasteiger charge is -2.22. The Morgan fingerprint density at radius 2 is 2.03 bits per heavy atom. The summed E-state index contributed by atoms with van der Waals surface area (Å²) in [5, 5.41) is 14.2. The highest BCUT2D eigenvalue weighted by molar-refractivity contribution is 7.99. The van der Waals surface area contributed by atoms with Crippen molar-refractivity contribution in [1.29, 1.82) is 5.26 Å². The van der Waals surface area contributed by atoms with Gasteiger partial charge >= 0.3 is 0 Å². The van der Waals surface area contributed by atoms with Crippen molar-refractivity contribution in [2.24, 2.45) is 5.92 Å². The van der Waals surface area contributed by atoms with Gasteiger partial charge in [-0.25, -0.2) is 4.98 Å². The number of nitrogens with one attached hydrogen (secondary N) is 1. The van der Waals surface area contributed by atoms with Crippen LogP contribution in [0.2, 0.25) is 0 Å². The molecular weight excluding hydrogens is 394 g/mol. The topological polar surface area (TPSA) is 75.0 Å². The number of rotatable bonds is 7. The van der Waals surface area contributed by atoms with Gasteiger partial charge in [0.1, 0.15) is 11.3 Å². The van der Waals surface area contributed by atoms with Crippen molar-refractivity contribution >= 4 is 28.6 Å². The fourth-order valence-electron chi connectivity index (χ4n) is 3.59. The summed E-state index contributed by atoms with van der Waals surface area (Å²) >= 11 is 1.38. The number of thioether (sulfide) groups is 1. The van der Waals surface area contributed by atoms with Crippen molar-refractivity contribution in [3.8, 4) is 22.9 Å². The molecule has 5 nitrogen and oxygen atoms in total. The maximum atomic E-state index is 12.5. The van der Waals surface area contributed by atoms with E-state index in [-0.39, 0.29) is 17.6 Å². The van der Waals surface area contributed by atoms with Gasteiger partial charge in [-0.2, -0.15) is 5.26 Å². The van der Waals surface area contributed by atoms with Crippen LogP contribution in [-0.2, 0) is 4.79 Å². The Hall–Kier alpha value is -3.04. The van der Waals surface area contributed by atoms with Gasteiger partial charge in [-0.15, -0.1) is 0 Å². The minimum absolute atomic E-state index is 0.148. The molecule has 1 aliphatic rings. The zero-order valence-electron chi connectivity index (χ0n) is 17.0. The van der Waals surface area contributed by atoms with Gasteiger partial charge in [0.05, 0.1) is 29.5 Å². The summed E-state index contributed by atoms with van der Waals surface area (Å²) in [6.07, 6.45) is 1.98. The highest BCUT2D eigenvalue weighted by Crippen LogP contribution is 2.39. The van der Waals surface area contributed by atoms with E-state index >= 15 is 0 Å². The lowest BCUT2D eigenvalue weighted by Crippen LogP contribution is -2.47. The molecule has 152 valence electrons. The van der Waals surface area contributed by atoms with E-state index < -0.39 is 5.54 Å². The summed E-state index contributed by atoms with van der Waals surface area (Å²) in [4.78, 5) is 17.3. The molecule has 1 unspecified atom stereocenters. The molecule has 1 N–H and O–H groups in total. The summed E-state index contributed by atoms with van der Waals surface area (Å²) in [6, 6.07) is 20.3. The maximum absolute atomic E-state index is 12.5. The first-order chi connectivity index (χ1) is 14.5. The first kappa shape index (κ1) is 20.2. The number of methoxy groups -OCH3 is 1. The van der Waals surface area contributed by atoms with Crippen molar-refractivity contribution in [2.45, 2.75) is 30.3 Å². The number of benzene rings is 2. The highest BCUT2D eigenvalue weighted by Gasteiger charge is 2.42. The fraction of sp³-hybridized carbons (Fsp3) is 0.292. The number of carbonyl (C=O) groups excluding carboxylic acids is 1. The van der Waals surface area contributed by atoms with Crippen molar-refractivity contribution in [2.75, 3.05) is 12.9 Å². The number of carbonyl (C=O) groups is 1. The molecular formula is C24H23N3O2S. The monoisotopic (exact) mass is 417 g/mol. The van der Waals surface area contributed by atoms with Crippen LogP contribution < -0.4 is 10.1 Å². The molecule has 1 aliphatic carbocycles. The number of pyridine rings is 1. The molecule has 30 heavy (non-hydrogen) atoms. The number of nitriles is 1. The second-order valence-electron chi connectivity index (χ2n) is 7.68. The second kappa shape index (κ2) is 8.37. The predicted octanol–water partition coefficient (Wildman–Crippen LogP) is 4.81. The minimum Gasteiger partial charge on any atom is -0.497 e. The largest absolute Gasteiger partial charge is 0.497 e. The smallest absolute Gasteiger partial charge is 0.231 e. The standard InChI is InChI=1S/C24H23N3O2S/c1-24(15-25,17-8-9-17)27-22(28)14-30-23-13-20(16-6-4-3-5-7-16)19-11-10-18(29-2)12-21(19)26-23/h3-7,10-13,17H,8-9,14H2,1-2H3,(H,27,28). The van der Waals surface area contributed by atoms with Crippen molar-refractivity contribution in [1.82, 2.24) is 10.3 Å². The van der Waals surface area contributed by atoms with E-state index in [1.807, 2.05) is 42.5 Å². The molecule has 1 fully saturated rings. The molecule has 4 rings (SSSR count). The minimum atomic E-state index is -0.781. The van der Waals surface area contributed by atoms with Crippen LogP contribution in [-0.4, -0.2) is 29.3 Å². The third-order valence-electron chi connectivity index (χ3n) is 5.45. The van der Waals surface area contributed by atoms with Gasteiger partial charge < -0.3 is 10.1 Å². The van der Waals surface area contributed by atoms with Gasteiger partial charge in [0, 0.05) is 11.5 Å². The van der Waals surface area contributed by atoms with Crippen LogP contribution >= 0.6 is 11.8 Å². The molecule has 6 heteroatoms. The van der Waals surface area contributed by atoms with Crippen LogP contribution in [0.5, 0.6) is 5.75 Å². The van der Waals surface area contributed by atoms with Crippen LogP contribution in [0.1, 0.15) is 19.8 Å². The molecule has 2 aromatic carbocycles. The quantitative estimate of drug-likeness (QED) is 0.558. The SMILES string of the molecule is COc1ccc2c(-c3ccccc3)cc(SCC(=O)NC(C)(C#N)C3CC3)nc2c1.